The Labute approximate surface area is 268 Å². The molecule has 0 saturated carbocycles. The molecule has 0 aliphatic heterocycles. The molecule has 0 atom stereocenters. The van der Waals surface area contributed by atoms with Gasteiger partial charge in [0.1, 0.15) is 11.5 Å². The highest BCUT2D eigenvalue weighted by molar-refractivity contribution is 6.04. The summed E-state index contributed by atoms with van der Waals surface area (Å²) in [6.45, 7) is 8.55. The summed E-state index contributed by atoms with van der Waals surface area (Å²) in [6.07, 6.45) is 4.26. The summed E-state index contributed by atoms with van der Waals surface area (Å²) < 4.78 is 0. The zero-order chi connectivity index (χ0) is 32.0. The molecule has 0 aliphatic rings. The summed E-state index contributed by atoms with van der Waals surface area (Å²) >= 11 is 0. The number of nitrogens with zero attached hydrogens (tertiary/aromatic N) is 4. The average Bonchev–Trinajstić information content (AvgIpc) is 3.08. The van der Waals surface area contributed by atoms with E-state index in [9.17, 15) is 10.2 Å². The maximum atomic E-state index is 11.6. The Hall–Kier alpha value is -5.62. The monoisotopic (exact) mass is 602 g/mol. The minimum Gasteiger partial charge on any atom is -0.507 e. The van der Waals surface area contributed by atoms with Crippen molar-refractivity contribution in [1.82, 2.24) is 19.9 Å². The van der Waals surface area contributed by atoms with Gasteiger partial charge in [-0.3, -0.25) is 9.97 Å². The number of aryl methyl sites for hydroxylation is 1. The number of hydrogen-bond donors (Lipinski definition) is 2. The first-order valence-corrected chi connectivity index (χ1v) is 15.5. The van der Waals surface area contributed by atoms with Crippen LogP contribution in [0.2, 0.25) is 0 Å². The molecule has 0 aliphatic carbocycles. The number of benzene rings is 3. The summed E-state index contributed by atoms with van der Waals surface area (Å²) in [7, 11) is 0. The third kappa shape index (κ3) is 5.22. The van der Waals surface area contributed by atoms with E-state index in [2.05, 4.69) is 37.7 Å². The standard InChI is InChI=1S/C40H34N4O2/c1-5-24-20-28(32-10-6-8-18-41-32)38(45)29(21-24)34-16-14-25-12-13-26-15-17-35(44-37(26)36(25)43-34)31-23-27(40(2,3)4)22-30(39(31)46)33-11-7-9-19-42-33/h6-23,45-46H,5H2,1-4H3. The van der Waals surface area contributed by atoms with Crippen LogP contribution < -0.4 is 0 Å². The first-order valence-electron chi connectivity index (χ1n) is 15.5. The van der Waals surface area contributed by atoms with E-state index in [0.717, 1.165) is 28.3 Å². The molecule has 46 heavy (non-hydrogen) atoms. The van der Waals surface area contributed by atoms with Crippen LogP contribution >= 0.6 is 0 Å². The Morgan fingerprint density at radius 1 is 0.543 bits per heavy atom. The van der Waals surface area contributed by atoms with Crippen LogP contribution in [0.5, 0.6) is 11.5 Å². The van der Waals surface area contributed by atoms with Gasteiger partial charge in [0.25, 0.3) is 0 Å². The van der Waals surface area contributed by atoms with E-state index in [0.29, 0.717) is 56.1 Å². The van der Waals surface area contributed by atoms with Gasteiger partial charge in [0, 0.05) is 45.4 Å². The third-order valence-electron chi connectivity index (χ3n) is 8.51. The third-order valence-corrected chi connectivity index (χ3v) is 8.51. The van der Waals surface area contributed by atoms with Crippen molar-refractivity contribution < 1.29 is 10.2 Å². The molecule has 226 valence electrons. The van der Waals surface area contributed by atoms with E-state index in [4.69, 9.17) is 9.97 Å². The minimum absolute atomic E-state index is 0.135. The lowest BCUT2D eigenvalue weighted by molar-refractivity contribution is 0.477. The zero-order valence-corrected chi connectivity index (χ0v) is 26.3. The molecule has 0 saturated heterocycles. The van der Waals surface area contributed by atoms with E-state index < -0.39 is 0 Å². The summed E-state index contributed by atoms with van der Waals surface area (Å²) in [5, 5.41) is 25.0. The molecule has 0 spiro atoms. The van der Waals surface area contributed by atoms with Gasteiger partial charge in [-0.15, -0.1) is 0 Å². The van der Waals surface area contributed by atoms with Crippen LogP contribution in [-0.2, 0) is 11.8 Å². The molecule has 0 amide bonds. The highest BCUT2D eigenvalue weighted by Crippen LogP contribution is 2.42. The molecule has 6 nitrogen and oxygen atoms in total. The zero-order valence-electron chi connectivity index (χ0n) is 26.3. The Bertz CT molecular complexity index is 2240. The molecular formula is C40H34N4O2. The molecule has 6 heteroatoms. The van der Waals surface area contributed by atoms with Crippen molar-refractivity contribution in [2.24, 2.45) is 0 Å². The molecule has 3 aromatic carbocycles. The van der Waals surface area contributed by atoms with Crippen molar-refractivity contribution in [2.75, 3.05) is 0 Å². The molecule has 4 aromatic heterocycles. The van der Waals surface area contributed by atoms with Crippen molar-refractivity contribution in [3.8, 4) is 56.5 Å². The average molecular weight is 603 g/mol. The van der Waals surface area contributed by atoms with Crippen molar-refractivity contribution in [3.05, 3.63) is 121 Å². The molecule has 0 unspecified atom stereocenters. The predicted molar refractivity (Wildman–Crippen MR) is 186 cm³/mol. The first kappa shape index (κ1) is 29.1. The minimum atomic E-state index is -0.171. The van der Waals surface area contributed by atoms with Gasteiger partial charge < -0.3 is 10.2 Å². The topological polar surface area (TPSA) is 92.0 Å². The maximum Gasteiger partial charge on any atom is 0.134 e. The van der Waals surface area contributed by atoms with Gasteiger partial charge in [0.2, 0.25) is 0 Å². The number of phenolic OH excluding ortho intramolecular Hbond substituents is 2. The number of phenols is 2. The van der Waals surface area contributed by atoms with Crippen molar-refractivity contribution in [2.45, 2.75) is 39.5 Å². The number of aromatic nitrogens is 4. The summed E-state index contributed by atoms with van der Waals surface area (Å²) in [6, 6.07) is 31.4. The summed E-state index contributed by atoms with van der Waals surface area (Å²) in [5.41, 5.74) is 8.71. The van der Waals surface area contributed by atoms with Crippen LogP contribution in [0.3, 0.4) is 0 Å². The molecule has 0 radical (unpaired) electrons. The largest absolute Gasteiger partial charge is 0.507 e. The smallest absolute Gasteiger partial charge is 0.134 e. The van der Waals surface area contributed by atoms with E-state index in [1.54, 1.807) is 12.4 Å². The number of aromatic hydroxyl groups is 2. The van der Waals surface area contributed by atoms with Gasteiger partial charge in [-0.25, -0.2) is 9.97 Å². The van der Waals surface area contributed by atoms with Crippen molar-refractivity contribution in [3.63, 3.8) is 0 Å². The molecule has 7 aromatic rings. The quantitative estimate of drug-likeness (QED) is 0.191. The van der Waals surface area contributed by atoms with E-state index >= 15 is 0 Å². The van der Waals surface area contributed by atoms with Gasteiger partial charge >= 0.3 is 0 Å². The predicted octanol–water partition coefficient (Wildman–Crippen LogP) is 9.51. The Kier molecular flexibility index (Phi) is 7.20. The lowest BCUT2D eigenvalue weighted by Crippen LogP contribution is -2.11. The van der Waals surface area contributed by atoms with E-state index in [1.165, 1.54) is 0 Å². The Morgan fingerprint density at radius 3 is 1.41 bits per heavy atom. The SMILES string of the molecule is CCc1cc(-c2ccccn2)c(O)c(-c2ccc3ccc4ccc(-c5cc(C(C)(C)C)cc(-c6ccccn6)c5O)nc4c3n2)c1. The number of pyridine rings is 4. The van der Waals surface area contributed by atoms with E-state index in [1.807, 2.05) is 97.1 Å². The normalized spacial score (nSPS) is 11.7. The summed E-state index contributed by atoms with van der Waals surface area (Å²) in [4.78, 5) is 19.3. The van der Waals surface area contributed by atoms with Crippen LogP contribution in [0.25, 0.3) is 66.8 Å². The second-order valence-electron chi connectivity index (χ2n) is 12.6. The van der Waals surface area contributed by atoms with Crippen LogP contribution in [0, 0.1) is 0 Å². The Balaban J connectivity index is 1.43. The molecule has 0 fully saturated rings. The van der Waals surface area contributed by atoms with Crippen LogP contribution in [0.1, 0.15) is 38.8 Å². The van der Waals surface area contributed by atoms with E-state index in [-0.39, 0.29) is 16.9 Å². The van der Waals surface area contributed by atoms with Gasteiger partial charge in [-0.2, -0.15) is 0 Å². The second kappa shape index (κ2) is 11.4. The van der Waals surface area contributed by atoms with Crippen LogP contribution in [-0.4, -0.2) is 30.1 Å². The highest BCUT2D eigenvalue weighted by atomic mass is 16.3. The van der Waals surface area contributed by atoms with Gasteiger partial charge in [0.15, 0.2) is 0 Å². The molecular weight excluding hydrogens is 568 g/mol. The second-order valence-corrected chi connectivity index (χ2v) is 12.6. The van der Waals surface area contributed by atoms with Crippen molar-refractivity contribution >= 4 is 21.8 Å². The molecule has 0 bridgehead atoms. The molecule has 4 heterocycles. The fourth-order valence-electron chi connectivity index (χ4n) is 5.86. The fraction of sp³-hybridized carbons (Fsp3) is 0.150. The number of hydrogen-bond acceptors (Lipinski definition) is 6. The molecule has 2 N–H and O–H groups in total. The van der Waals surface area contributed by atoms with Crippen LogP contribution in [0.4, 0.5) is 0 Å². The van der Waals surface area contributed by atoms with Crippen molar-refractivity contribution in [1.29, 1.82) is 0 Å². The fourth-order valence-corrected chi connectivity index (χ4v) is 5.86. The maximum absolute atomic E-state index is 11.6. The van der Waals surface area contributed by atoms with Gasteiger partial charge in [0.05, 0.1) is 33.8 Å². The van der Waals surface area contributed by atoms with Gasteiger partial charge in [-0.05, 0) is 83.6 Å². The Morgan fingerprint density at radius 2 is 0.978 bits per heavy atom. The lowest BCUT2D eigenvalue weighted by atomic mass is 9.83. The summed E-state index contributed by atoms with van der Waals surface area (Å²) in [5.74, 6) is 0.276. The van der Waals surface area contributed by atoms with Gasteiger partial charge in [-0.1, -0.05) is 64.1 Å². The lowest BCUT2D eigenvalue weighted by Gasteiger charge is -2.22. The van der Waals surface area contributed by atoms with Crippen LogP contribution in [0.15, 0.2) is 109 Å². The first-order chi connectivity index (χ1) is 22.2. The number of rotatable bonds is 5. The number of fused-ring (bicyclic) bond motifs is 3. The highest BCUT2D eigenvalue weighted by Gasteiger charge is 2.22. The molecule has 7 rings (SSSR count).